The lowest BCUT2D eigenvalue weighted by Crippen LogP contribution is -2.43. The maximum atomic E-state index is 12.8. The van der Waals surface area contributed by atoms with E-state index in [1.165, 1.54) is 42.5 Å². The summed E-state index contributed by atoms with van der Waals surface area (Å²) in [4.78, 5) is 11.9. The van der Waals surface area contributed by atoms with Crippen LogP contribution in [0.5, 0.6) is 0 Å². The Kier molecular flexibility index (Phi) is 6.03. The molecule has 0 atom stereocenters. The Morgan fingerprint density at radius 3 is 2.23 bits per heavy atom. The van der Waals surface area contributed by atoms with Crippen LogP contribution in [-0.2, 0) is 34.0 Å². The van der Waals surface area contributed by atoms with Crippen molar-refractivity contribution in [2.24, 2.45) is 0 Å². The number of hydrogen-bond donors (Lipinski definition) is 1. The smallest absolute Gasteiger partial charge is 0.330 e. The Balaban J connectivity index is 1.51. The SMILES string of the molecule is O=C(N1CCc2ccc(S(=O)(=O)Nc3ccc(-n4ccc(C(F)(F)F)n4)cc3)cc2C1)C(F)(F)F. The van der Waals surface area contributed by atoms with Crippen LogP contribution in [0.2, 0.25) is 0 Å². The first-order chi connectivity index (χ1) is 16.2. The molecule has 0 bridgehead atoms. The van der Waals surface area contributed by atoms with Crippen LogP contribution in [-0.4, -0.2) is 41.7 Å². The van der Waals surface area contributed by atoms with E-state index in [0.29, 0.717) is 10.5 Å². The van der Waals surface area contributed by atoms with Crippen molar-refractivity contribution in [3.63, 3.8) is 0 Å². The fourth-order valence-corrected chi connectivity index (χ4v) is 4.68. The largest absolute Gasteiger partial charge is 0.471 e. The fraction of sp³-hybridized carbons (Fsp3) is 0.238. The molecule has 2 heterocycles. The third kappa shape index (κ3) is 5.26. The molecule has 4 rings (SSSR count). The van der Waals surface area contributed by atoms with Crippen LogP contribution in [0, 0.1) is 0 Å². The van der Waals surface area contributed by atoms with Gasteiger partial charge in [0.05, 0.1) is 10.6 Å². The molecule has 0 radical (unpaired) electrons. The molecule has 0 spiro atoms. The van der Waals surface area contributed by atoms with Crippen molar-refractivity contribution >= 4 is 21.6 Å². The lowest BCUT2D eigenvalue weighted by Gasteiger charge is -2.29. The molecule has 0 saturated carbocycles. The Hall–Kier alpha value is -3.55. The average molecular weight is 518 g/mol. The third-order valence-corrected chi connectivity index (χ3v) is 6.67. The first-order valence-corrected chi connectivity index (χ1v) is 11.5. The van der Waals surface area contributed by atoms with Crippen LogP contribution in [0.25, 0.3) is 5.69 Å². The number of nitrogens with zero attached hydrogens (tertiary/aromatic N) is 3. The van der Waals surface area contributed by atoms with E-state index in [2.05, 4.69) is 9.82 Å². The van der Waals surface area contributed by atoms with Gasteiger partial charge in [-0.2, -0.15) is 31.4 Å². The quantitative estimate of drug-likeness (QED) is 0.527. The van der Waals surface area contributed by atoms with Gasteiger partial charge in [0.25, 0.3) is 10.0 Å². The van der Waals surface area contributed by atoms with Crippen LogP contribution >= 0.6 is 0 Å². The van der Waals surface area contributed by atoms with Crippen LogP contribution in [0.3, 0.4) is 0 Å². The maximum absolute atomic E-state index is 12.8. The minimum absolute atomic E-state index is 0.101. The van der Waals surface area contributed by atoms with E-state index in [4.69, 9.17) is 0 Å². The zero-order valence-corrected chi connectivity index (χ0v) is 18.4. The number of aromatic nitrogens is 2. The Morgan fingerprint density at radius 2 is 1.63 bits per heavy atom. The first kappa shape index (κ1) is 24.6. The van der Waals surface area contributed by atoms with Gasteiger partial charge in [0.1, 0.15) is 0 Å². The molecule has 0 unspecified atom stereocenters. The van der Waals surface area contributed by atoms with Crippen molar-refractivity contribution in [2.45, 2.75) is 30.2 Å². The second kappa shape index (κ2) is 8.59. The molecule has 0 fully saturated rings. The van der Waals surface area contributed by atoms with E-state index in [9.17, 15) is 39.6 Å². The van der Waals surface area contributed by atoms with Gasteiger partial charge in [0, 0.05) is 25.0 Å². The van der Waals surface area contributed by atoms with Gasteiger partial charge in [-0.25, -0.2) is 13.1 Å². The number of carbonyl (C=O) groups excluding carboxylic acids is 1. The van der Waals surface area contributed by atoms with Gasteiger partial charge in [-0.15, -0.1) is 0 Å². The Bertz CT molecular complexity index is 1360. The summed E-state index contributed by atoms with van der Waals surface area (Å²) in [5.41, 5.74) is 0.198. The molecule has 3 aromatic rings. The molecule has 35 heavy (non-hydrogen) atoms. The van der Waals surface area contributed by atoms with Gasteiger partial charge in [-0.05, 0) is 60.0 Å². The summed E-state index contributed by atoms with van der Waals surface area (Å²) >= 11 is 0. The normalized spacial score (nSPS) is 14.5. The van der Waals surface area contributed by atoms with E-state index in [0.717, 1.165) is 16.9 Å². The predicted molar refractivity (Wildman–Crippen MR) is 111 cm³/mol. The average Bonchev–Trinajstić information content (AvgIpc) is 3.28. The number of anilines is 1. The van der Waals surface area contributed by atoms with Crippen LogP contribution in [0.1, 0.15) is 16.8 Å². The standard InChI is InChI=1S/C21H16F6N4O3S/c22-20(23,24)18-8-10-31(28-18)16-4-2-15(3-5-16)29-35(33,34)17-6-1-13-7-9-30(12-14(13)11-17)19(32)21(25,26)27/h1-6,8,10-11,29H,7,9,12H2. The van der Waals surface area contributed by atoms with E-state index in [1.807, 2.05) is 0 Å². The lowest BCUT2D eigenvalue weighted by atomic mass is 10.00. The number of fused-ring (bicyclic) bond motifs is 1. The number of nitrogens with one attached hydrogen (secondary N) is 1. The topological polar surface area (TPSA) is 84.3 Å². The lowest BCUT2D eigenvalue weighted by molar-refractivity contribution is -0.186. The van der Waals surface area contributed by atoms with Crippen LogP contribution in [0.4, 0.5) is 32.0 Å². The summed E-state index contributed by atoms with van der Waals surface area (Å²) in [6, 6.07) is 10.2. The summed E-state index contributed by atoms with van der Waals surface area (Å²) in [6.45, 7) is -0.516. The molecule has 1 aliphatic rings. The van der Waals surface area contributed by atoms with Gasteiger partial charge >= 0.3 is 18.3 Å². The fourth-order valence-electron chi connectivity index (χ4n) is 3.57. The van der Waals surface area contributed by atoms with E-state index >= 15 is 0 Å². The van der Waals surface area contributed by atoms with Crippen molar-refractivity contribution in [2.75, 3.05) is 11.3 Å². The number of hydrogen-bond acceptors (Lipinski definition) is 4. The van der Waals surface area contributed by atoms with Crippen molar-refractivity contribution < 1.29 is 39.6 Å². The summed E-state index contributed by atoms with van der Waals surface area (Å²) in [6.07, 6.45) is -8.37. The molecule has 0 aliphatic carbocycles. The van der Waals surface area contributed by atoms with Gasteiger partial charge in [0.2, 0.25) is 0 Å². The number of carbonyl (C=O) groups is 1. The van der Waals surface area contributed by atoms with Crippen LogP contribution < -0.4 is 4.72 Å². The molecular weight excluding hydrogens is 502 g/mol. The molecule has 0 saturated heterocycles. The number of halogens is 6. The second-order valence-corrected chi connectivity index (χ2v) is 9.38. The molecule has 2 aromatic carbocycles. The number of rotatable bonds is 4. The number of amides is 1. The number of alkyl halides is 6. The van der Waals surface area contributed by atoms with Gasteiger partial charge < -0.3 is 4.90 Å². The maximum Gasteiger partial charge on any atom is 0.471 e. The monoisotopic (exact) mass is 518 g/mol. The number of benzene rings is 2. The minimum Gasteiger partial charge on any atom is -0.330 e. The zero-order chi connectivity index (χ0) is 25.6. The Morgan fingerprint density at radius 1 is 0.943 bits per heavy atom. The van der Waals surface area contributed by atoms with E-state index < -0.39 is 34.0 Å². The molecular formula is C21H16F6N4O3S. The Labute approximate surface area is 195 Å². The highest BCUT2D eigenvalue weighted by atomic mass is 32.2. The molecule has 1 N–H and O–H groups in total. The van der Waals surface area contributed by atoms with Crippen molar-refractivity contribution in [3.05, 3.63) is 71.5 Å². The predicted octanol–water partition coefficient (Wildman–Crippen LogP) is 4.14. The molecule has 1 amide bonds. The van der Waals surface area contributed by atoms with Gasteiger partial charge in [0.15, 0.2) is 5.69 Å². The van der Waals surface area contributed by atoms with E-state index in [-0.39, 0.29) is 41.3 Å². The zero-order valence-electron chi connectivity index (χ0n) is 17.6. The highest BCUT2D eigenvalue weighted by Gasteiger charge is 2.43. The molecule has 14 heteroatoms. The van der Waals surface area contributed by atoms with Crippen molar-refractivity contribution in [1.82, 2.24) is 14.7 Å². The summed E-state index contributed by atoms with van der Waals surface area (Å²) in [5.74, 6) is -1.99. The first-order valence-electron chi connectivity index (χ1n) is 9.98. The summed E-state index contributed by atoms with van der Waals surface area (Å²) in [7, 11) is -4.15. The summed E-state index contributed by atoms with van der Waals surface area (Å²) < 4.78 is 105. The molecule has 1 aromatic heterocycles. The third-order valence-electron chi connectivity index (χ3n) is 5.29. The summed E-state index contributed by atoms with van der Waals surface area (Å²) in [5, 5.41) is 3.43. The highest BCUT2D eigenvalue weighted by molar-refractivity contribution is 7.92. The molecule has 1 aliphatic heterocycles. The van der Waals surface area contributed by atoms with Gasteiger partial charge in [-0.3, -0.25) is 9.52 Å². The van der Waals surface area contributed by atoms with Crippen molar-refractivity contribution in [3.8, 4) is 5.69 Å². The van der Waals surface area contributed by atoms with E-state index in [1.54, 1.807) is 0 Å². The second-order valence-electron chi connectivity index (χ2n) is 7.70. The van der Waals surface area contributed by atoms with Gasteiger partial charge in [-0.1, -0.05) is 6.07 Å². The highest BCUT2D eigenvalue weighted by Crippen LogP contribution is 2.29. The number of sulfonamides is 1. The molecule has 186 valence electrons. The van der Waals surface area contributed by atoms with Crippen LogP contribution in [0.15, 0.2) is 59.6 Å². The minimum atomic E-state index is -5.03. The van der Waals surface area contributed by atoms with Crippen molar-refractivity contribution in [1.29, 1.82) is 0 Å². The molecule has 7 nitrogen and oxygen atoms in total.